The lowest BCUT2D eigenvalue weighted by Crippen LogP contribution is -2.28. The Kier molecular flexibility index (Phi) is 5.25. The van der Waals surface area contributed by atoms with E-state index in [1.165, 1.54) is 7.11 Å². The van der Waals surface area contributed by atoms with Crippen molar-refractivity contribution in [1.82, 2.24) is 0 Å². The largest absolute Gasteiger partial charge is 0.519 e. The molecule has 17 heavy (non-hydrogen) atoms. The molecule has 0 aliphatic carbocycles. The van der Waals surface area contributed by atoms with Gasteiger partial charge in [0.25, 0.3) is 5.95 Å². The van der Waals surface area contributed by atoms with Crippen molar-refractivity contribution in [2.75, 3.05) is 7.11 Å². The van der Waals surface area contributed by atoms with Gasteiger partial charge in [-0.3, -0.25) is 0 Å². The van der Waals surface area contributed by atoms with Crippen molar-refractivity contribution in [2.45, 2.75) is 39.9 Å². The number of ether oxygens (including phenoxy) is 1. The Labute approximate surface area is 105 Å². The van der Waals surface area contributed by atoms with Crippen LogP contribution >= 0.6 is 0 Å². The van der Waals surface area contributed by atoms with Gasteiger partial charge in [0.1, 0.15) is 11.6 Å². The van der Waals surface area contributed by atoms with Gasteiger partial charge in [0.2, 0.25) is 8.32 Å². The van der Waals surface area contributed by atoms with Gasteiger partial charge in [0.05, 0.1) is 18.6 Å². The van der Waals surface area contributed by atoms with Gasteiger partial charge in [-0.2, -0.15) is 10.5 Å². The molecule has 0 amide bonds. The molecular weight excluding hydrogens is 232 g/mol. The van der Waals surface area contributed by atoms with Crippen molar-refractivity contribution >= 4 is 8.32 Å². The maximum atomic E-state index is 9.22. The van der Waals surface area contributed by atoms with Crippen LogP contribution in [0.4, 0.5) is 0 Å². The zero-order valence-electron chi connectivity index (χ0n) is 11.4. The summed E-state index contributed by atoms with van der Waals surface area (Å²) in [6.07, 6.45) is 0.536. The number of rotatable bonds is 5. The lowest BCUT2D eigenvalue weighted by molar-refractivity contribution is 0.137. The van der Waals surface area contributed by atoms with E-state index in [-0.39, 0.29) is 11.5 Å². The minimum Gasteiger partial charge on any atom is -0.519 e. The Morgan fingerprint density at radius 2 is 1.82 bits per heavy atom. The van der Waals surface area contributed by atoms with E-state index >= 15 is 0 Å². The number of nitriles is 2. The molecule has 0 spiro atoms. The van der Waals surface area contributed by atoms with Crippen LogP contribution in [-0.2, 0) is 9.16 Å². The molecule has 1 unspecified atom stereocenters. The lowest BCUT2D eigenvalue weighted by atomic mass is 9.82. The van der Waals surface area contributed by atoms with Crippen molar-refractivity contribution in [2.24, 2.45) is 5.41 Å². The highest BCUT2D eigenvalue weighted by atomic mass is 28.4. The summed E-state index contributed by atoms with van der Waals surface area (Å²) in [5, 5.41) is 18.4. The van der Waals surface area contributed by atoms with Gasteiger partial charge < -0.3 is 9.16 Å². The summed E-state index contributed by atoms with van der Waals surface area (Å²) in [7, 11) is -0.409. The van der Waals surface area contributed by atoms with E-state index in [0.29, 0.717) is 6.42 Å². The van der Waals surface area contributed by atoms with Crippen LogP contribution in [0.5, 0.6) is 0 Å². The van der Waals surface area contributed by atoms with Gasteiger partial charge in [-0.25, -0.2) is 0 Å². The fourth-order valence-corrected chi connectivity index (χ4v) is 1.92. The molecule has 0 fully saturated rings. The molecule has 0 rings (SSSR count). The number of allylic oxidation sites excluding steroid dienone is 1. The van der Waals surface area contributed by atoms with Crippen LogP contribution in [0.25, 0.3) is 0 Å². The molecule has 0 heterocycles. The summed E-state index contributed by atoms with van der Waals surface area (Å²) < 4.78 is 10.9. The van der Waals surface area contributed by atoms with E-state index in [4.69, 9.17) is 9.16 Å². The van der Waals surface area contributed by atoms with E-state index in [0.717, 1.165) is 0 Å². The Morgan fingerprint density at radius 3 is 2.06 bits per heavy atom. The molecule has 94 valence electrons. The third kappa shape index (κ3) is 4.12. The number of nitrogens with zero attached hydrogens (tertiary/aromatic N) is 2. The summed E-state index contributed by atoms with van der Waals surface area (Å²) in [5.41, 5.74) is -0.591. The Bertz CT molecular complexity index is 385. The predicted octanol–water partition coefficient (Wildman–Crippen LogP) is 3.16. The summed E-state index contributed by atoms with van der Waals surface area (Å²) in [6.45, 7) is 9.57. The van der Waals surface area contributed by atoms with E-state index in [1.54, 1.807) is 6.92 Å². The molecule has 0 radical (unpaired) electrons. The second-order valence-corrected chi connectivity index (χ2v) is 9.42. The van der Waals surface area contributed by atoms with E-state index in [9.17, 15) is 10.5 Å². The summed E-state index contributed by atoms with van der Waals surface area (Å²) >= 11 is 0. The van der Waals surface area contributed by atoms with E-state index < -0.39 is 13.7 Å². The highest BCUT2D eigenvalue weighted by molar-refractivity contribution is 6.70. The molecule has 0 saturated heterocycles. The van der Waals surface area contributed by atoms with Gasteiger partial charge in [-0.1, -0.05) is 6.92 Å². The van der Waals surface area contributed by atoms with Crippen LogP contribution in [0.1, 0.15) is 20.3 Å². The van der Waals surface area contributed by atoms with Crippen molar-refractivity contribution in [1.29, 1.82) is 10.5 Å². The summed E-state index contributed by atoms with van der Waals surface area (Å²) in [4.78, 5) is 0. The summed E-state index contributed by atoms with van der Waals surface area (Å²) in [5.74, 6) is 0.192. The first-order valence-corrected chi connectivity index (χ1v) is 8.94. The highest BCUT2D eigenvalue weighted by Crippen LogP contribution is 2.33. The molecule has 4 nitrogen and oxygen atoms in total. The zero-order chi connectivity index (χ0) is 13.7. The summed E-state index contributed by atoms with van der Waals surface area (Å²) in [6, 6.07) is 4.20. The van der Waals surface area contributed by atoms with Crippen LogP contribution in [0.3, 0.4) is 0 Å². The average Bonchev–Trinajstić information content (AvgIpc) is 2.26. The average molecular weight is 252 g/mol. The Balaban J connectivity index is 5.59. The van der Waals surface area contributed by atoms with Gasteiger partial charge in [-0.15, -0.1) is 0 Å². The maximum absolute atomic E-state index is 9.22. The molecular formula is C12H20N2O2Si. The van der Waals surface area contributed by atoms with Gasteiger partial charge in [0.15, 0.2) is 0 Å². The SMILES string of the molecule is CCC(C)(C#N)/C(C#N)=C(/OC)O[Si](C)(C)C. The first-order chi connectivity index (χ1) is 7.74. The van der Waals surface area contributed by atoms with Gasteiger partial charge in [-0.05, 0) is 33.0 Å². The second-order valence-electron chi connectivity index (χ2n) is 4.99. The predicted molar refractivity (Wildman–Crippen MR) is 68.1 cm³/mol. The van der Waals surface area contributed by atoms with Crippen LogP contribution in [0.15, 0.2) is 11.5 Å². The minimum atomic E-state index is -1.87. The number of methoxy groups -OCH3 is 1. The number of hydrogen-bond acceptors (Lipinski definition) is 4. The molecule has 0 bridgehead atoms. The van der Waals surface area contributed by atoms with Gasteiger partial charge in [0, 0.05) is 0 Å². The van der Waals surface area contributed by atoms with Crippen molar-refractivity contribution < 1.29 is 9.16 Å². The van der Waals surface area contributed by atoms with E-state index in [1.807, 2.05) is 32.6 Å². The molecule has 0 aromatic rings. The molecule has 0 saturated carbocycles. The highest BCUT2D eigenvalue weighted by Gasteiger charge is 2.33. The number of hydrogen-bond donors (Lipinski definition) is 0. The van der Waals surface area contributed by atoms with Gasteiger partial charge >= 0.3 is 0 Å². The first kappa shape index (κ1) is 15.5. The molecule has 0 aromatic heterocycles. The quantitative estimate of drug-likeness (QED) is 0.428. The topological polar surface area (TPSA) is 66.0 Å². The fraction of sp³-hybridized carbons (Fsp3) is 0.667. The Morgan fingerprint density at radius 1 is 1.29 bits per heavy atom. The van der Waals surface area contributed by atoms with Crippen LogP contribution in [-0.4, -0.2) is 15.4 Å². The second kappa shape index (κ2) is 5.74. The first-order valence-electron chi connectivity index (χ1n) is 5.53. The van der Waals surface area contributed by atoms with Crippen molar-refractivity contribution in [3.8, 4) is 12.1 Å². The molecule has 0 aliphatic heterocycles. The molecule has 1 atom stereocenters. The molecule has 0 aliphatic rings. The standard InChI is InChI=1S/C12H20N2O2Si/c1-7-12(2,9-14)10(8-13)11(15-3)16-17(4,5)6/h7H2,1-6H3/b11-10-. The van der Waals surface area contributed by atoms with Crippen molar-refractivity contribution in [3.05, 3.63) is 11.5 Å². The Hall–Kier alpha value is -1.46. The normalized spacial score (nSPS) is 16.0. The third-order valence-electron chi connectivity index (χ3n) is 2.41. The fourth-order valence-electron chi connectivity index (χ4n) is 1.18. The minimum absolute atomic E-state index is 0.192. The van der Waals surface area contributed by atoms with Crippen LogP contribution in [0, 0.1) is 28.1 Å². The third-order valence-corrected chi connectivity index (χ3v) is 3.20. The zero-order valence-corrected chi connectivity index (χ0v) is 12.4. The van der Waals surface area contributed by atoms with Crippen molar-refractivity contribution in [3.63, 3.8) is 0 Å². The molecule has 0 aromatic carbocycles. The smallest absolute Gasteiger partial charge is 0.281 e. The maximum Gasteiger partial charge on any atom is 0.281 e. The monoisotopic (exact) mass is 252 g/mol. The molecule has 5 heteroatoms. The van der Waals surface area contributed by atoms with Crippen LogP contribution < -0.4 is 0 Å². The van der Waals surface area contributed by atoms with E-state index in [2.05, 4.69) is 6.07 Å². The van der Waals surface area contributed by atoms with Crippen LogP contribution in [0.2, 0.25) is 19.6 Å². The lowest BCUT2D eigenvalue weighted by Gasteiger charge is -2.25. The molecule has 0 N–H and O–H groups in total.